The van der Waals surface area contributed by atoms with Gasteiger partial charge in [0.05, 0.1) is 12.1 Å². The van der Waals surface area contributed by atoms with Crippen molar-refractivity contribution < 1.29 is 19.1 Å². The minimum atomic E-state index is -1.00. The van der Waals surface area contributed by atoms with E-state index < -0.39 is 24.3 Å². The molecule has 3 amide bonds. The maximum Gasteiger partial charge on any atom is 0.247 e. The van der Waals surface area contributed by atoms with Gasteiger partial charge in [-0.05, 0) is 84.7 Å². The molecular weight excluding hydrogens is 725 g/mol. The first-order valence-corrected chi connectivity index (χ1v) is 19.3. The Hall–Kier alpha value is -4.84. The zero-order chi connectivity index (χ0) is 37.8. The summed E-state index contributed by atoms with van der Waals surface area (Å²) in [6.45, 7) is 0.587. The quantitative estimate of drug-likeness (QED) is 0.0815. The van der Waals surface area contributed by atoms with Gasteiger partial charge in [-0.2, -0.15) is 0 Å². The summed E-state index contributed by atoms with van der Waals surface area (Å²) in [6, 6.07) is 26.6. The van der Waals surface area contributed by atoms with Crippen LogP contribution < -0.4 is 26.8 Å². The Morgan fingerprint density at radius 2 is 1.70 bits per heavy atom. The lowest BCUT2D eigenvalue weighted by molar-refractivity contribution is -0.141. The predicted molar refractivity (Wildman–Crippen MR) is 211 cm³/mol. The fourth-order valence-corrected chi connectivity index (χ4v) is 8.57. The first-order valence-electron chi connectivity index (χ1n) is 18.5. The summed E-state index contributed by atoms with van der Waals surface area (Å²) in [6.07, 6.45) is 3.04. The Morgan fingerprint density at radius 1 is 0.926 bits per heavy atom. The molecular formula is C41H45Cl2N7O4. The largest absolute Gasteiger partial charge is 0.491 e. The van der Waals surface area contributed by atoms with Crippen LogP contribution in [0.15, 0.2) is 96.0 Å². The van der Waals surface area contributed by atoms with Gasteiger partial charge in [0.2, 0.25) is 17.7 Å². The topological polar surface area (TPSA) is 155 Å². The maximum atomic E-state index is 15.0. The van der Waals surface area contributed by atoms with Crippen LogP contribution in [-0.2, 0) is 20.8 Å². The second kappa shape index (κ2) is 16.7. The number of nitrogens with two attached hydrogens (primary N) is 2. The first-order chi connectivity index (χ1) is 26.2. The van der Waals surface area contributed by atoms with Gasteiger partial charge in [-0.1, -0.05) is 89.9 Å². The number of carbonyl (C=O) groups excluding carboxylic acids is 3. The molecule has 0 saturated carbocycles. The van der Waals surface area contributed by atoms with Gasteiger partial charge in [-0.3, -0.25) is 24.7 Å². The van der Waals surface area contributed by atoms with Crippen molar-refractivity contribution in [2.24, 2.45) is 16.5 Å². The number of rotatable bonds is 13. The SMILES string of the molecule is NC(N)=NCCC[C@H]1C(=O)N2C(CC[C@@H]2COc2ccc3ccccc3c2)N1C(=O)[C@@H](Cc1ccc(Cl)cc1Cl)NC(=O)[C@@H]1CC[C@H](c2ccccc2)N1. The molecule has 0 spiro atoms. The van der Waals surface area contributed by atoms with E-state index in [1.54, 1.807) is 28.0 Å². The number of benzene rings is 4. The van der Waals surface area contributed by atoms with E-state index in [1.165, 1.54) is 0 Å². The molecule has 3 heterocycles. The van der Waals surface area contributed by atoms with Crippen molar-refractivity contribution in [2.45, 2.75) is 81.3 Å². The van der Waals surface area contributed by atoms with Crippen LogP contribution in [0.2, 0.25) is 10.0 Å². The van der Waals surface area contributed by atoms with E-state index in [2.05, 4.69) is 15.6 Å². The lowest BCUT2D eigenvalue weighted by Crippen LogP contribution is -2.56. The zero-order valence-corrected chi connectivity index (χ0v) is 31.4. The number of ether oxygens (including phenoxy) is 1. The summed E-state index contributed by atoms with van der Waals surface area (Å²) in [5.74, 6) is -0.110. The number of halogens is 2. The second-order valence-corrected chi connectivity index (χ2v) is 15.1. The van der Waals surface area contributed by atoms with Crippen LogP contribution in [0.1, 0.15) is 55.7 Å². The van der Waals surface area contributed by atoms with Crippen molar-refractivity contribution >= 4 is 57.7 Å². The third-order valence-corrected chi connectivity index (χ3v) is 11.3. The summed E-state index contributed by atoms with van der Waals surface area (Å²) >= 11 is 12.9. The molecule has 7 rings (SSSR count). The highest BCUT2D eigenvalue weighted by molar-refractivity contribution is 6.35. The van der Waals surface area contributed by atoms with Crippen LogP contribution in [0.25, 0.3) is 10.8 Å². The van der Waals surface area contributed by atoms with Crippen molar-refractivity contribution in [2.75, 3.05) is 13.2 Å². The van der Waals surface area contributed by atoms with Crippen molar-refractivity contribution in [3.8, 4) is 5.75 Å². The molecule has 3 aliphatic heterocycles. The number of nitrogens with one attached hydrogen (secondary N) is 2. The highest BCUT2D eigenvalue weighted by Gasteiger charge is 2.54. The standard InChI is InChI=1S/C41H45Cl2N7O4/c42-29-14-12-28(32(43)23-29)22-35(48-38(51)34-18-17-33(47-34)26-8-2-1-3-9-26)39(52)50-36(11-6-20-46-41(44)45)40(53)49-30(15-19-37(49)50)24-54-31-16-13-25-7-4-5-10-27(25)21-31/h1-5,7-10,12-14,16,21,23,30,33-37,47H,6,11,15,17-20,22,24H2,(H,48,51)(H4,44,45,46)/t30-,33-,34+,35-,36+,37?/m1/s1. The third-order valence-electron chi connectivity index (χ3n) is 10.7. The summed E-state index contributed by atoms with van der Waals surface area (Å²) < 4.78 is 6.28. The number of nitrogens with zero attached hydrogens (tertiary/aromatic N) is 3. The molecule has 54 heavy (non-hydrogen) atoms. The lowest BCUT2D eigenvalue weighted by atomic mass is 10.0. The van der Waals surface area contributed by atoms with Crippen LogP contribution in [0.3, 0.4) is 0 Å². The number of amides is 3. The molecule has 3 fully saturated rings. The Bertz CT molecular complexity index is 2030. The average Bonchev–Trinajstić information content (AvgIpc) is 3.90. The van der Waals surface area contributed by atoms with E-state index in [9.17, 15) is 14.4 Å². The molecule has 0 radical (unpaired) electrons. The van der Waals surface area contributed by atoms with E-state index in [1.807, 2.05) is 72.8 Å². The molecule has 4 aromatic rings. The number of fused-ring (bicyclic) bond motifs is 2. The van der Waals surface area contributed by atoms with Gasteiger partial charge in [0.15, 0.2) is 5.96 Å². The molecule has 3 aliphatic rings. The van der Waals surface area contributed by atoms with Crippen LogP contribution in [0.5, 0.6) is 5.75 Å². The molecule has 0 aliphatic carbocycles. The molecule has 3 saturated heterocycles. The number of hydrogen-bond donors (Lipinski definition) is 4. The average molecular weight is 771 g/mol. The van der Waals surface area contributed by atoms with E-state index >= 15 is 0 Å². The molecule has 0 bridgehead atoms. The Balaban J connectivity index is 1.13. The summed E-state index contributed by atoms with van der Waals surface area (Å²) in [4.78, 5) is 50.9. The summed E-state index contributed by atoms with van der Waals surface area (Å²) in [7, 11) is 0. The molecule has 282 valence electrons. The molecule has 6 N–H and O–H groups in total. The van der Waals surface area contributed by atoms with Crippen molar-refractivity contribution in [3.05, 3.63) is 112 Å². The molecule has 6 atom stereocenters. The third kappa shape index (κ3) is 8.28. The normalized spacial score (nSPS) is 22.6. The number of aliphatic imine (C=N–C) groups is 1. The minimum Gasteiger partial charge on any atom is -0.491 e. The van der Waals surface area contributed by atoms with Gasteiger partial charge in [0.25, 0.3) is 0 Å². The highest BCUT2D eigenvalue weighted by atomic mass is 35.5. The van der Waals surface area contributed by atoms with Crippen LogP contribution >= 0.6 is 23.2 Å². The van der Waals surface area contributed by atoms with Gasteiger partial charge in [0, 0.05) is 29.1 Å². The Labute approximate surface area is 325 Å². The molecule has 4 aromatic carbocycles. The fourth-order valence-electron chi connectivity index (χ4n) is 8.09. The lowest BCUT2D eigenvalue weighted by Gasteiger charge is -2.32. The van der Waals surface area contributed by atoms with Gasteiger partial charge in [-0.15, -0.1) is 0 Å². The Kier molecular flexibility index (Phi) is 11.6. The monoisotopic (exact) mass is 769 g/mol. The smallest absolute Gasteiger partial charge is 0.247 e. The van der Waals surface area contributed by atoms with E-state index in [4.69, 9.17) is 39.4 Å². The molecule has 13 heteroatoms. The van der Waals surface area contributed by atoms with Crippen molar-refractivity contribution in [1.29, 1.82) is 0 Å². The first kappa shape index (κ1) is 37.5. The molecule has 0 aromatic heterocycles. The van der Waals surface area contributed by atoms with Gasteiger partial charge in [0.1, 0.15) is 30.6 Å². The summed E-state index contributed by atoms with van der Waals surface area (Å²) in [5.41, 5.74) is 12.9. The fraction of sp³-hybridized carbons (Fsp3) is 0.366. The highest BCUT2D eigenvalue weighted by Crippen LogP contribution is 2.38. The number of hydrogen-bond acceptors (Lipinski definition) is 6. The van der Waals surface area contributed by atoms with Gasteiger partial charge in [-0.25, -0.2) is 0 Å². The number of carbonyl (C=O) groups is 3. The van der Waals surface area contributed by atoms with Crippen LogP contribution in [0.4, 0.5) is 0 Å². The van der Waals surface area contributed by atoms with E-state index in [-0.39, 0.29) is 48.8 Å². The summed E-state index contributed by atoms with van der Waals surface area (Å²) in [5, 5.41) is 9.55. The van der Waals surface area contributed by atoms with Crippen LogP contribution in [-0.4, -0.2) is 77.0 Å². The zero-order valence-electron chi connectivity index (χ0n) is 29.9. The van der Waals surface area contributed by atoms with Crippen molar-refractivity contribution in [1.82, 2.24) is 20.4 Å². The number of guanidine groups is 1. The van der Waals surface area contributed by atoms with E-state index in [0.29, 0.717) is 60.0 Å². The second-order valence-electron chi connectivity index (χ2n) is 14.2. The predicted octanol–water partition coefficient (Wildman–Crippen LogP) is 5.33. The molecule has 1 unspecified atom stereocenters. The minimum absolute atomic E-state index is 0.0217. The Morgan fingerprint density at radius 3 is 2.48 bits per heavy atom. The van der Waals surface area contributed by atoms with Crippen LogP contribution in [0, 0.1) is 0 Å². The molecule has 11 nitrogen and oxygen atoms in total. The van der Waals surface area contributed by atoms with Crippen molar-refractivity contribution in [3.63, 3.8) is 0 Å². The maximum absolute atomic E-state index is 15.0. The van der Waals surface area contributed by atoms with Gasteiger partial charge < -0.3 is 31.3 Å². The van der Waals surface area contributed by atoms with E-state index in [0.717, 1.165) is 22.8 Å². The van der Waals surface area contributed by atoms with Gasteiger partial charge >= 0.3 is 0 Å².